The lowest BCUT2D eigenvalue weighted by atomic mass is 9.78. The van der Waals surface area contributed by atoms with E-state index in [0.717, 1.165) is 30.5 Å². The molecule has 1 aromatic rings. The van der Waals surface area contributed by atoms with Crippen LogP contribution in [0, 0.1) is 10.1 Å². The van der Waals surface area contributed by atoms with Gasteiger partial charge in [-0.1, -0.05) is 49.7 Å². The Balaban J connectivity index is 0.000000612. The molecule has 1 aliphatic heterocycles. The maximum absolute atomic E-state index is 10.8. The molecule has 0 amide bonds. The number of hydrogen-bond donors (Lipinski definition) is 0. The Morgan fingerprint density at radius 2 is 2.00 bits per heavy atom. The van der Waals surface area contributed by atoms with Gasteiger partial charge in [0.25, 0.3) is 5.69 Å². The quantitative estimate of drug-likeness (QED) is 0.461. The Bertz CT molecular complexity index is 475. The molecule has 0 aliphatic carbocycles. The van der Waals surface area contributed by atoms with Crippen LogP contribution >= 0.6 is 15.9 Å². The van der Waals surface area contributed by atoms with Gasteiger partial charge in [-0.05, 0) is 17.7 Å². The highest BCUT2D eigenvalue weighted by Gasteiger charge is 2.31. The summed E-state index contributed by atoms with van der Waals surface area (Å²) in [5, 5.41) is 11.9. The van der Waals surface area contributed by atoms with E-state index in [9.17, 15) is 10.1 Å². The number of fused-ring (bicyclic) bond motifs is 1. The zero-order chi connectivity index (χ0) is 15.3. The van der Waals surface area contributed by atoms with Crippen LogP contribution in [0.15, 0.2) is 18.2 Å². The van der Waals surface area contributed by atoms with Crippen LogP contribution in [0.25, 0.3) is 0 Å². The lowest BCUT2D eigenvalue weighted by Crippen LogP contribution is -2.41. The third-order valence-corrected chi connectivity index (χ3v) is 3.49. The molecule has 0 saturated heterocycles. The van der Waals surface area contributed by atoms with Gasteiger partial charge in [-0.2, -0.15) is 0 Å². The highest BCUT2D eigenvalue weighted by Crippen LogP contribution is 2.34. The lowest BCUT2D eigenvalue weighted by Gasteiger charge is -2.39. The summed E-state index contributed by atoms with van der Waals surface area (Å²) >= 11 is 3.15. The van der Waals surface area contributed by atoms with E-state index in [1.165, 1.54) is 5.56 Å². The summed E-state index contributed by atoms with van der Waals surface area (Å²) in [6.45, 7) is 11.4. The molecule has 1 aliphatic rings. The lowest BCUT2D eigenvalue weighted by molar-refractivity contribution is -0.385. The number of halogens is 1. The number of nitro groups is 1. The molecule has 20 heavy (non-hydrogen) atoms. The molecule has 0 N–H and O–H groups in total. The Kier molecular flexibility index (Phi) is 6.14. The van der Waals surface area contributed by atoms with Crippen LogP contribution in [-0.2, 0) is 12.0 Å². The average Bonchev–Trinajstić information content (AvgIpc) is 2.38. The largest absolute Gasteiger partial charge is 0.298 e. The first kappa shape index (κ1) is 17.1. The normalized spacial score (nSPS) is 16.9. The molecule has 2 rings (SSSR count). The van der Waals surface area contributed by atoms with Gasteiger partial charge in [0.1, 0.15) is 0 Å². The number of non-ortho nitro benzene ring substituents is 1. The van der Waals surface area contributed by atoms with Gasteiger partial charge >= 0.3 is 0 Å². The number of rotatable bonds is 2. The Hall–Kier alpha value is -0.940. The van der Waals surface area contributed by atoms with Crippen LogP contribution in [-0.4, -0.2) is 28.2 Å². The highest BCUT2D eigenvalue weighted by atomic mass is 79.9. The molecule has 0 bridgehead atoms. The molecular weight excluding hydrogens is 320 g/mol. The van der Waals surface area contributed by atoms with Crippen LogP contribution in [0.4, 0.5) is 5.69 Å². The van der Waals surface area contributed by atoms with Gasteiger partial charge in [-0.3, -0.25) is 15.0 Å². The van der Waals surface area contributed by atoms with Crippen LogP contribution in [0.5, 0.6) is 0 Å². The van der Waals surface area contributed by atoms with E-state index in [2.05, 4.69) is 41.6 Å². The third-order valence-electron chi connectivity index (χ3n) is 3.49. The van der Waals surface area contributed by atoms with E-state index in [4.69, 9.17) is 0 Å². The summed E-state index contributed by atoms with van der Waals surface area (Å²) in [6.07, 6.45) is 0. The van der Waals surface area contributed by atoms with Crippen molar-refractivity contribution in [2.75, 3.05) is 18.4 Å². The molecule has 0 aromatic heterocycles. The van der Waals surface area contributed by atoms with Crippen LogP contribution < -0.4 is 0 Å². The number of nitrogens with zero attached hydrogens (tertiary/aromatic N) is 2. The van der Waals surface area contributed by atoms with Gasteiger partial charge in [0.2, 0.25) is 0 Å². The minimum absolute atomic E-state index is 0.0682. The Morgan fingerprint density at radius 3 is 2.50 bits per heavy atom. The second-order valence-electron chi connectivity index (χ2n) is 5.55. The first-order chi connectivity index (χ1) is 9.35. The van der Waals surface area contributed by atoms with Crippen molar-refractivity contribution in [1.29, 1.82) is 0 Å². The molecule has 0 saturated carbocycles. The van der Waals surface area contributed by atoms with Crippen molar-refractivity contribution in [3.05, 3.63) is 39.4 Å². The zero-order valence-electron chi connectivity index (χ0n) is 12.6. The monoisotopic (exact) mass is 342 g/mol. The number of hydrogen-bond acceptors (Lipinski definition) is 3. The molecule has 1 aromatic carbocycles. The van der Waals surface area contributed by atoms with E-state index < -0.39 is 0 Å². The highest BCUT2D eigenvalue weighted by molar-refractivity contribution is 9.09. The van der Waals surface area contributed by atoms with E-state index >= 15 is 0 Å². The van der Waals surface area contributed by atoms with Gasteiger partial charge in [-0.25, -0.2) is 0 Å². The molecule has 1 heterocycles. The molecule has 0 fully saturated rings. The summed E-state index contributed by atoms with van der Waals surface area (Å²) in [5.41, 5.74) is 2.60. The number of likely N-dealkylation sites (N-methyl/N-ethyl adjacent to an activating group) is 1. The van der Waals surface area contributed by atoms with Crippen LogP contribution in [0.3, 0.4) is 0 Å². The standard InChI is InChI=1S/C13H18N2O2.C2H5Br/c1-4-14-8-10-7-11(15(16)17)5-6-12(10)13(2,3)9-14;1-2-3/h5-7H,4,8-9H2,1-3H3;2H2,1H3. The molecule has 0 radical (unpaired) electrons. The fourth-order valence-corrected chi connectivity index (χ4v) is 2.65. The van der Waals surface area contributed by atoms with Crippen molar-refractivity contribution >= 4 is 21.6 Å². The summed E-state index contributed by atoms with van der Waals surface area (Å²) in [5.74, 6) is 0. The predicted octanol–water partition coefficient (Wildman–Crippen LogP) is 4.11. The SMILES string of the molecule is CCBr.CCN1Cc2cc([N+](=O)[O-])ccc2C(C)(C)C1. The summed E-state index contributed by atoms with van der Waals surface area (Å²) in [7, 11) is 0. The fourth-order valence-electron chi connectivity index (χ4n) is 2.65. The molecule has 4 nitrogen and oxygen atoms in total. The molecular formula is C15H23BrN2O2. The van der Waals surface area contributed by atoms with Gasteiger partial charge in [0.15, 0.2) is 0 Å². The third kappa shape index (κ3) is 4.03. The molecule has 112 valence electrons. The van der Waals surface area contributed by atoms with E-state index in [1.807, 2.05) is 13.0 Å². The maximum Gasteiger partial charge on any atom is 0.269 e. The van der Waals surface area contributed by atoms with Gasteiger partial charge < -0.3 is 0 Å². The molecule has 0 atom stereocenters. The molecule has 5 heteroatoms. The van der Waals surface area contributed by atoms with Gasteiger partial charge in [0.05, 0.1) is 4.92 Å². The van der Waals surface area contributed by atoms with Crippen molar-refractivity contribution in [1.82, 2.24) is 4.90 Å². The zero-order valence-corrected chi connectivity index (χ0v) is 14.2. The van der Waals surface area contributed by atoms with Gasteiger partial charge in [0, 0.05) is 36.0 Å². The summed E-state index contributed by atoms with van der Waals surface area (Å²) in [6, 6.07) is 5.25. The van der Waals surface area contributed by atoms with E-state index in [-0.39, 0.29) is 16.0 Å². The fraction of sp³-hybridized carbons (Fsp3) is 0.600. The predicted molar refractivity (Wildman–Crippen MR) is 86.5 cm³/mol. The van der Waals surface area contributed by atoms with Gasteiger partial charge in [-0.15, -0.1) is 0 Å². The average molecular weight is 343 g/mol. The van der Waals surface area contributed by atoms with Crippen molar-refractivity contribution < 1.29 is 4.92 Å². The first-order valence-corrected chi connectivity index (χ1v) is 8.04. The van der Waals surface area contributed by atoms with Crippen molar-refractivity contribution in [2.24, 2.45) is 0 Å². The second-order valence-corrected chi connectivity index (χ2v) is 6.67. The second kappa shape index (κ2) is 7.18. The summed E-state index contributed by atoms with van der Waals surface area (Å²) in [4.78, 5) is 12.8. The molecule has 0 unspecified atom stereocenters. The number of nitro benzene ring substituents is 1. The maximum atomic E-state index is 10.8. The minimum atomic E-state index is -0.321. The summed E-state index contributed by atoms with van der Waals surface area (Å²) < 4.78 is 0. The number of benzene rings is 1. The van der Waals surface area contributed by atoms with Crippen molar-refractivity contribution in [3.8, 4) is 0 Å². The Morgan fingerprint density at radius 1 is 1.40 bits per heavy atom. The first-order valence-electron chi connectivity index (χ1n) is 6.91. The smallest absolute Gasteiger partial charge is 0.269 e. The van der Waals surface area contributed by atoms with Crippen molar-refractivity contribution in [2.45, 2.75) is 39.7 Å². The topological polar surface area (TPSA) is 46.4 Å². The van der Waals surface area contributed by atoms with Crippen LogP contribution in [0.1, 0.15) is 38.8 Å². The van der Waals surface area contributed by atoms with Crippen LogP contribution in [0.2, 0.25) is 0 Å². The minimum Gasteiger partial charge on any atom is -0.298 e. The van der Waals surface area contributed by atoms with E-state index in [1.54, 1.807) is 12.1 Å². The molecule has 0 spiro atoms. The number of alkyl halides is 1. The Labute approximate surface area is 129 Å². The van der Waals surface area contributed by atoms with Crippen molar-refractivity contribution in [3.63, 3.8) is 0 Å². The van der Waals surface area contributed by atoms with E-state index in [0.29, 0.717) is 0 Å².